The minimum atomic E-state index is -1.80. The Morgan fingerprint density at radius 3 is 2.39 bits per heavy atom. The third kappa shape index (κ3) is 4.82. The zero-order chi connectivity index (χ0) is 25.8. The van der Waals surface area contributed by atoms with Gasteiger partial charge in [0, 0.05) is 41.8 Å². The molecule has 0 radical (unpaired) electrons. The number of hydrogen-bond donors (Lipinski definition) is 0. The molecule has 5 nitrogen and oxygen atoms in total. The average molecular weight is 521 g/mol. The molecule has 1 aromatic carbocycles. The molecule has 3 aromatic rings. The van der Waals surface area contributed by atoms with E-state index >= 15 is 0 Å². The Morgan fingerprint density at radius 2 is 1.78 bits per heavy atom. The molecule has 0 N–H and O–H groups in total. The van der Waals surface area contributed by atoms with Gasteiger partial charge < -0.3 is 8.99 Å². The van der Waals surface area contributed by atoms with E-state index in [4.69, 9.17) is 14.6 Å². The Morgan fingerprint density at radius 1 is 1.06 bits per heavy atom. The van der Waals surface area contributed by atoms with Crippen molar-refractivity contribution < 1.29 is 4.43 Å². The maximum atomic E-state index is 6.67. The second-order valence-corrected chi connectivity index (χ2v) is 19.0. The van der Waals surface area contributed by atoms with Crippen LogP contribution in [0.3, 0.4) is 0 Å². The van der Waals surface area contributed by atoms with Gasteiger partial charge in [0.1, 0.15) is 11.6 Å². The van der Waals surface area contributed by atoms with Crippen molar-refractivity contribution >= 4 is 20.1 Å². The van der Waals surface area contributed by atoms with E-state index in [0.717, 1.165) is 61.1 Å². The van der Waals surface area contributed by atoms with E-state index in [1.165, 1.54) is 11.1 Å². The van der Waals surface area contributed by atoms with Gasteiger partial charge in [0.15, 0.2) is 8.32 Å². The van der Waals surface area contributed by atoms with Crippen molar-refractivity contribution in [3.63, 3.8) is 0 Å². The van der Waals surface area contributed by atoms with E-state index in [9.17, 15) is 0 Å². The Balaban J connectivity index is 1.36. The molecule has 1 saturated carbocycles. The third-order valence-corrected chi connectivity index (χ3v) is 14.3. The fourth-order valence-electron chi connectivity index (χ4n) is 4.83. The Bertz CT molecular complexity index is 1230. The molecule has 0 spiro atoms. The normalized spacial score (nSPS) is 21.6. The van der Waals surface area contributed by atoms with Gasteiger partial charge in [-0.25, -0.2) is 0 Å². The van der Waals surface area contributed by atoms with Gasteiger partial charge in [0.2, 0.25) is 0 Å². The van der Waals surface area contributed by atoms with Gasteiger partial charge in [-0.15, -0.1) is 10.2 Å². The number of benzene rings is 1. The highest BCUT2D eigenvalue weighted by Gasteiger charge is 2.51. The highest BCUT2D eigenvalue weighted by molar-refractivity contribution is 8.00. The first-order valence-corrected chi connectivity index (χ1v) is 17.1. The minimum absolute atomic E-state index is 0.00642. The fraction of sp³-hybridized carbons (Fsp3) is 0.552. The summed E-state index contributed by atoms with van der Waals surface area (Å²) in [5.41, 5.74) is 4.69. The van der Waals surface area contributed by atoms with Crippen LogP contribution in [0.5, 0.6) is 0 Å². The Hall–Kier alpha value is -1.96. The lowest BCUT2D eigenvalue weighted by atomic mass is 9.93. The largest absolute Gasteiger partial charge is 0.415 e. The quantitative estimate of drug-likeness (QED) is 0.335. The molecule has 1 aliphatic carbocycles. The summed E-state index contributed by atoms with van der Waals surface area (Å²) in [5.74, 6) is 3.32. The number of hydrogen-bond acceptors (Lipinski definition) is 5. The molecule has 1 unspecified atom stereocenters. The van der Waals surface area contributed by atoms with Crippen LogP contribution in [0, 0.1) is 6.92 Å². The van der Waals surface area contributed by atoms with Crippen LogP contribution < -0.4 is 0 Å². The first-order chi connectivity index (χ1) is 16.9. The van der Waals surface area contributed by atoms with E-state index in [2.05, 4.69) is 93.7 Å². The van der Waals surface area contributed by atoms with Gasteiger partial charge in [-0.1, -0.05) is 51.1 Å². The van der Waals surface area contributed by atoms with Gasteiger partial charge in [0.25, 0.3) is 0 Å². The molecule has 2 aromatic heterocycles. The van der Waals surface area contributed by atoms with Crippen LogP contribution in [0.15, 0.2) is 42.6 Å². The van der Waals surface area contributed by atoms with Crippen molar-refractivity contribution in [1.82, 2.24) is 19.7 Å². The molecule has 2 aliphatic rings. The summed E-state index contributed by atoms with van der Waals surface area (Å²) in [7, 11) is -1.80. The molecular formula is C29H40N4OSSi. The zero-order valence-corrected chi connectivity index (χ0v) is 24.7. The van der Waals surface area contributed by atoms with Gasteiger partial charge in [-0.05, 0) is 62.0 Å². The summed E-state index contributed by atoms with van der Waals surface area (Å²) in [5, 5.41) is 9.79. The van der Waals surface area contributed by atoms with Crippen LogP contribution in [0.25, 0.3) is 11.3 Å². The van der Waals surface area contributed by atoms with Crippen molar-refractivity contribution in [3.05, 3.63) is 65.4 Å². The lowest BCUT2D eigenvalue weighted by molar-refractivity contribution is 0.252. The van der Waals surface area contributed by atoms with Crippen LogP contribution in [0.2, 0.25) is 18.1 Å². The Kier molecular flexibility index (Phi) is 6.49. The minimum Gasteiger partial charge on any atom is -0.415 e. The van der Waals surface area contributed by atoms with Crippen LogP contribution in [-0.2, 0) is 22.8 Å². The van der Waals surface area contributed by atoms with E-state index < -0.39 is 8.32 Å². The van der Waals surface area contributed by atoms with Crippen molar-refractivity contribution in [2.45, 2.75) is 88.7 Å². The van der Waals surface area contributed by atoms with Crippen LogP contribution in [0.1, 0.15) is 63.3 Å². The first-order valence-electron chi connectivity index (χ1n) is 13.2. The summed E-state index contributed by atoms with van der Waals surface area (Å²) in [6.45, 7) is 17.8. The summed E-state index contributed by atoms with van der Waals surface area (Å²) in [6.07, 6.45) is 5.09. The fourth-order valence-corrected chi connectivity index (χ4v) is 7.19. The van der Waals surface area contributed by atoms with Crippen LogP contribution >= 0.6 is 11.8 Å². The van der Waals surface area contributed by atoms with E-state index in [0.29, 0.717) is 0 Å². The maximum Gasteiger partial charge on any atom is 0.192 e. The van der Waals surface area contributed by atoms with E-state index in [1.54, 1.807) is 0 Å². The van der Waals surface area contributed by atoms with Crippen molar-refractivity contribution in [2.24, 2.45) is 0 Å². The number of rotatable bonds is 6. The lowest BCUT2D eigenvalue weighted by Crippen LogP contribution is -2.45. The molecular weight excluding hydrogens is 480 g/mol. The monoisotopic (exact) mass is 520 g/mol. The standard InChI is InChI=1S/C29H40N4OSSi/c1-21-8-13-24(30-19-21)22-9-11-23(12-10-22)29(14-15-29)26-32-31-25-18-28(5,35-17-16-33(25)26)20-34-36(6,7)27(2,3)4/h8-13,19H,14-18,20H2,1-7H3. The number of aromatic nitrogens is 4. The number of aryl methyl sites for hydroxylation is 1. The maximum absolute atomic E-state index is 6.67. The lowest BCUT2D eigenvalue weighted by Gasteiger charge is -2.39. The predicted molar refractivity (Wildman–Crippen MR) is 152 cm³/mol. The predicted octanol–water partition coefficient (Wildman–Crippen LogP) is 6.80. The molecule has 5 rings (SSSR count). The highest BCUT2D eigenvalue weighted by atomic mass is 32.2. The number of fused-ring (bicyclic) bond motifs is 1. The second kappa shape index (κ2) is 9.10. The summed E-state index contributed by atoms with van der Waals surface area (Å²) < 4.78 is 9.12. The third-order valence-electron chi connectivity index (χ3n) is 8.49. The summed E-state index contributed by atoms with van der Waals surface area (Å²) in [6, 6.07) is 13.2. The topological polar surface area (TPSA) is 52.8 Å². The summed E-state index contributed by atoms with van der Waals surface area (Å²) in [4.78, 5) is 4.59. The SMILES string of the molecule is Cc1ccc(-c2ccc(C3(c4nnc5n4CCSC(C)(CO[Si](C)(C)C(C)(C)C)C5)CC3)cc2)nc1. The zero-order valence-electron chi connectivity index (χ0n) is 22.9. The molecule has 1 aliphatic heterocycles. The molecule has 192 valence electrons. The highest BCUT2D eigenvalue weighted by Crippen LogP contribution is 2.53. The smallest absolute Gasteiger partial charge is 0.192 e. The number of pyridine rings is 1. The van der Waals surface area contributed by atoms with Gasteiger partial charge in [-0.2, -0.15) is 11.8 Å². The molecule has 0 amide bonds. The van der Waals surface area contributed by atoms with E-state index in [1.807, 2.05) is 18.0 Å². The number of nitrogens with zero attached hydrogens (tertiary/aromatic N) is 4. The summed E-state index contributed by atoms with van der Waals surface area (Å²) >= 11 is 2.04. The van der Waals surface area contributed by atoms with Crippen LogP contribution in [0.4, 0.5) is 0 Å². The van der Waals surface area contributed by atoms with Crippen LogP contribution in [-0.4, -0.2) is 45.2 Å². The molecule has 36 heavy (non-hydrogen) atoms. The molecule has 1 fully saturated rings. The van der Waals surface area contributed by atoms with Crippen molar-refractivity contribution in [2.75, 3.05) is 12.4 Å². The second-order valence-electron chi connectivity index (χ2n) is 12.5. The van der Waals surface area contributed by atoms with Gasteiger partial charge in [-0.3, -0.25) is 4.98 Å². The molecule has 1 atom stereocenters. The van der Waals surface area contributed by atoms with Gasteiger partial charge >= 0.3 is 0 Å². The first kappa shape index (κ1) is 25.7. The molecule has 0 bridgehead atoms. The van der Waals surface area contributed by atoms with Crippen molar-refractivity contribution in [3.8, 4) is 11.3 Å². The Labute approximate surface area is 221 Å². The van der Waals surface area contributed by atoms with Gasteiger partial charge in [0.05, 0.1) is 11.1 Å². The van der Waals surface area contributed by atoms with E-state index in [-0.39, 0.29) is 15.2 Å². The number of thioether (sulfide) groups is 1. The van der Waals surface area contributed by atoms with Crippen molar-refractivity contribution in [1.29, 1.82) is 0 Å². The average Bonchev–Trinajstić information content (AvgIpc) is 3.57. The molecule has 7 heteroatoms. The molecule has 3 heterocycles. The molecule has 0 saturated heterocycles.